The van der Waals surface area contributed by atoms with Crippen LogP contribution in [-0.2, 0) is 0 Å². The summed E-state index contributed by atoms with van der Waals surface area (Å²) >= 11 is 0. The molecular formula is C20H24FN3O. The lowest BCUT2D eigenvalue weighted by molar-refractivity contribution is 0.0715. The molecule has 3 rings (SSSR count). The van der Waals surface area contributed by atoms with E-state index < -0.39 is 0 Å². The van der Waals surface area contributed by atoms with Crippen LogP contribution < -0.4 is 10.2 Å². The first kappa shape index (κ1) is 17.3. The maximum Gasteiger partial charge on any atom is 0.256 e. The summed E-state index contributed by atoms with van der Waals surface area (Å²) in [6.45, 7) is 1.42. The van der Waals surface area contributed by atoms with Crippen LogP contribution in [0.15, 0.2) is 48.5 Å². The number of carbonyl (C=O) groups is 1. The lowest BCUT2D eigenvalue weighted by Crippen LogP contribution is -2.45. The number of halogens is 1. The number of para-hydroxylation sites is 1. The van der Waals surface area contributed by atoms with E-state index in [1.807, 2.05) is 48.2 Å². The smallest absolute Gasteiger partial charge is 0.256 e. The topological polar surface area (TPSA) is 35.6 Å². The summed E-state index contributed by atoms with van der Waals surface area (Å²) in [5, 5.41) is 3.41. The van der Waals surface area contributed by atoms with Crippen molar-refractivity contribution in [3.63, 3.8) is 0 Å². The molecule has 1 aliphatic heterocycles. The highest BCUT2D eigenvalue weighted by Crippen LogP contribution is 2.23. The third kappa shape index (κ3) is 4.10. The van der Waals surface area contributed by atoms with Crippen molar-refractivity contribution in [2.45, 2.75) is 18.9 Å². The zero-order chi connectivity index (χ0) is 17.8. The maximum atomic E-state index is 13.0. The average molecular weight is 341 g/mol. The molecule has 1 atom stereocenters. The predicted octanol–water partition coefficient (Wildman–Crippen LogP) is 3.61. The van der Waals surface area contributed by atoms with Crippen LogP contribution in [0.1, 0.15) is 23.2 Å². The first-order valence-electron chi connectivity index (χ1n) is 8.62. The van der Waals surface area contributed by atoms with Crippen molar-refractivity contribution in [1.29, 1.82) is 0 Å². The highest BCUT2D eigenvalue weighted by Gasteiger charge is 2.26. The summed E-state index contributed by atoms with van der Waals surface area (Å²) in [5.41, 5.74) is 2.55. The van der Waals surface area contributed by atoms with Crippen LogP contribution in [0, 0.1) is 5.82 Å². The van der Waals surface area contributed by atoms with Gasteiger partial charge in [0.1, 0.15) is 5.82 Å². The lowest BCUT2D eigenvalue weighted by atomic mass is 10.0. The SMILES string of the molecule is CN(C)c1ccccc1C(=O)N1CCC[C@H](Nc2ccc(F)cc2)C1. The number of nitrogens with zero attached hydrogens (tertiary/aromatic N) is 2. The molecule has 1 fully saturated rings. The molecule has 1 amide bonds. The van der Waals surface area contributed by atoms with Crippen LogP contribution in [0.2, 0.25) is 0 Å². The molecule has 1 aliphatic rings. The molecule has 2 aromatic carbocycles. The second-order valence-corrected chi connectivity index (χ2v) is 6.65. The van der Waals surface area contributed by atoms with E-state index in [2.05, 4.69) is 5.32 Å². The number of carbonyl (C=O) groups excluding carboxylic acids is 1. The van der Waals surface area contributed by atoms with Gasteiger partial charge < -0.3 is 15.1 Å². The van der Waals surface area contributed by atoms with Crippen molar-refractivity contribution in [2.75, 3.05) is 37.4 Å². The van der Waals surface area contributed by atoms with Gasteiger partial charge in [0, 0.05) is 44.6 Å². The van der Waals surface area contributed by atoms with E-state index in [9.17, 15) is 9.18 Å². The van der Waals surface area contributed by atoms with E-state index in [1.54, 1.807) is 12.1 Å². The Morgan fingerprint density at radius 3 is 2.60 bits per heavy atom. The lowest BCUT2D eigenvalue weighted by Gasteiger charge is -2.34. The molecule has 0 radical (unpaired) electrons. The van der Waals surface area contributed by atoms with Gasteiger partial charge in [-0.15, -0.1) is 0 Å². The van der Waals surface area contributed by atoms with Gasteiger partial charge in [-0.05, 0) is 49.2 Å². The highest BCUT2D eigenvalue weighted by molar-refractivity contribution is 5.99. The maximum absolute atomic E-state index is 13.0. The Bertz CT molecular complexity index is 730. The van der Waals surface area contributed by atoms with Gasteiger partial charge >= 0.3 is 0 Å². The van der Waals surface area contributed by atoms with Crippen LogP contribution in [0.3, 0.4) is 0 Å². The molecular weight excluding hydrogens is 317 g/mol. The molecule has 0 bridgehead atoms. The van der Waals surface area contributed by atoms with Crippen molar-refractivity contribution < 1.29 is 9.18 Å². The normalized spacial score (nSPS) is 17.2. The minimum atomic E-state index is -0.244. The van der Waals surface area contributed by atoms with E-state index in [-0.39, 0.29) is 17.8 Å². The minimum absolute atomic E-state index is 0.0647. The molecule has 0 saturated carbocycles. The van der Waals surface area contributed by atoms with Gasteiger partial charge in [-0.3, -0.25) is 4.79 Å². The number of likely N-dealkylation sites (tertiary alicyclic amines) is 1. The molecule has 4 nitrogen and oxygen atoms in total. The van der Waals surface area contributed by atoms with Crippen molar-refractivity contribution >= 4 is 17.3 Å². The van der Waals surface area contributed by atoms with Gasteiger partial charge in [0.05, 0.1) is 5.56 Å². The minimum Gasteiger partial charge on any atom is -0.381 e. The van der Waals surface area contributed by atoms with Crippen LogP contribution in [0.4, 0.5) is 15.8 Å². The quantitative estimate of drug-likeness (QED) is 0.923. The zero-order valence-electron chi connectivity index (χ0n) is 14.7. The van der Waals surface area contributed by atoms with E-state index in [4.69, 9.17) is 0 Å². The summed E-state index contributed by atoms with van der Waals surface area (Å²) < 4.78 is 13.0. The average Bonchev–Trinajstić information content (AvgIpc) is 2.63. The number of rotatable bonds is 4. The van der Waals surface area contributed by atoms with Gasteiger partial charge in [-0.25, -0.2) is 4.39 Å². The second-order valence-electron chi connectivity index (χ2n) is 6.65. The first-order chi connectivity index (χ1) is 12.0. The molecule has 1 saturated heterocycles. The Labute approximate surface area is 148 Å². The Morgan fingerprint density at radius 1 is 1.16 bits per heavy atom. The van der Waals surface area contributed by atoms with E-state index >= 15 is 0 Å². The van der Waals surface area contributed by atoms with Gasteiger partial charge in [0.15, 0.2) is 0 Å². The number of amides is 1. The van der Waals surface area contributed by atoms with Crippen LogP contribution >= 0.6 is 0 Å². The Kier molecular flexibility index (Phi) is 5.22. The largest absolute Gasteiger partial charge is 0.381 e. The Morgan fingerprint density at radius 2 is 1.88 bits per heavy atom. The first-order valence-corrected chi connectivity index (χ1v) is 8.62. The van der Waals surface area contributed by atoms with E-state index in [1.165, 1.54) is 12.1 Å². The van der Waals surface area contributed by atoms with Crippen molar-refractivity contribution in [1.82, 2.24) is 4.90 Å². The van der Waals surface area contributed by atoms with Crippen molar-refractivity contribution in [3.05, 3.63) is 59.9 Å². The van der Waals surface area contributed by atoms with Gasteiger partial charge in [0.25, 0.3) is 5.91 Å². The summed E-state index contributed by atoms with van der Waals surface area (Å²) in [5.74, 6) is -0.179. The third-order valence-corrected chi connectivity index (χ3v) is 4.54. The molecule has 2 aromatic rings. The Balaban J connectivity index is 1.71. The predicted molar refractivity (Wildman–Crippen MR) is 99.7 cm³/mol. The number of piperidine rings is 1. The Hall–Kier alpha value is -2.56. The molecule has 0 spiro atoms. The van der Waals surface area contributed by atoms with Crippen molar-refractivity contribution in [3.8, 4) is 0 Å². The summed E-state index contributed by atoms with van der Waals surface area (Å²) in [7, 11) is 3.89. The summed E-state index contributed by atoms with van der Waals surface area (Å²) in [6.07, 6.45) is 1.95. The molecule has 0 aliphatic carbocycles. The van der Waals surface area contributed by atoms with Crippen molar-refractivity contribution in [2.24, 2.45) is 0 Å². The number of anilines is 2. The summed E-state index contributed by atoms with van der Waals surface area (Å²) in [6, 6.07) is 14.2. The molecule has 132 valence electrons. The van der Waals surface area contributed by atoms with Crippen LogP contribution in [0.25, 0.3) is 0 Å². The van der Waals surface area contributed by atoms with Crippen LogP contribution in [0.5, 0.6) is 0 Å². The standard InChI is InChI=1S/C20H24FN3O/c1-23(2)19-8-4-3-7-18(19)20(25)24-13-5-6-17(14-24)22-16-11-9-15(21)10-12-16/h3-4,7-12,17,22H,5-6,13-14H2,1-2H3/t17-/m0/s1. The zero-order valence-corrected chi connectivity index (χ0v) is 14.7. The molecule has 0 aromatic heterocycles. The highest BCUT2D eigenvalue weighted by atomic mass is 19.1. The third-order valence-electron chi connectivity index (χ3n) is 4.54. The molecule has 1 heterocycles. The van der Waals surface area contributed by atoms with Gasteiger partial charge in [-0.2, -0.15) is 0 Å². The fraction of sp³-hybridized carbons (Fsp3) is 0.350. The van der Waals surface area contributed by atoms with Gasteiger partial charge in [0.2, 0.25) is 0 Å². The van der Waals surface area contributed by atoms with E-state index in [0.29, 0.717) is 6.54 Å². The molecule has 0 unspecified atom stereocenters. The molecule has 25 heavy (non-hydrogen) atoms. The fourth-order valence-electron chi connectivity index (χ4n) is 3.28. The molecule has 5 heteroatoms. The van der Waals surface area contributed by atoms with E-state index in [0.717, 1.165) is 36.3 Å². The fourth-order valence-corrected chi connectivity index (χ4v) is 3.28. The number of benzene rings is 2. The van der Waals surface area contributed by atoms with Crippen LogP contribution in [-0.4, -0.2) is 44.0 Å². The number of nitrogens with one attached hydrogen (secondary N) is 1. The second kappa shape index (κ2) is 7.55. The number of hydrogen-bond acceptors (Lipinski definition) is 3. The van der Waals surface area contributed by atoms with Gasteiger partial charge in [-0.1, -0.05) is 12.1 Å². The number of hydrogen-bond donors (Lipinski definition) is 1. The molecule has 1 N–H and O–H groups in total. The monoisotopic (exact) mass is 341 g/mol. The summed E-state index contributed by atoms with van der Waals surface area (Å²) in [4.78, 5) is 16.9.